The van der Waals surface area contributed by atoms with Gasteiger partial charge in [-0.3, -0.25) is 9.59 Å². The first kappa shape index (κ1) is 16.0. The van der Waals surface area contributed by atoms with Crippen LogP contribution in [0.2, 0.25) is 5.02 Å². The molecule has 1 aromatic carbocycles. The van der Waals surface area contributed by atoms with Crippen LogP contribution in [0.5, 0.6) is 0 Å². The molecule has 0 unspecified atom stereocenters. The number of carbonyl (C=O) groups excluding carboxylic acids is 2. The Labute approximate surface area is 133 Å². The molecule has 6 nitrogen and oxygen atoms in total. The van der Waals surface area contributed by atoms with Crippen molar-refractivity contribution in [3.8, 4) is 0 Å². The number of aryl methyl sites for hydroxylation is 2. The number of halogens is 1. The molecule has 0 atom stereocenters. The summed E-state index contributed by atoms with van der Waals surface area (Å²) in [6, 6.07) is 4.75. The zero-order valence-electron chi connectivity index (χ0n) is 12.6. The van der Waals surface area contributed by atoms with Gasteiger partial charge in [-0.05, 0) is 32.0 Å². The summed E-state index contributed by atoms with van der Waals surface area (Å²) in [5.41, 5.74) is 1.75. The van der Waals surface area contributed by atoms with E-state index in [4.69, 9.17) is 11.6 Å². The molecular weight excluding hydrogens is 304 g/mol. The molecule has 0 fully saturated rings. The third-order valence-corrected chi connectivity index (χ3v) is 3.40. The van der Waals surface area contributed by atoms with Crippen molar-refractivity contribution in [1.29, 1.82) is 0 Å². The summed E-state index contributed by atoms with van der Waals surface area (Å²) >= 11 is 6.13. The minimum atomic E-state index is -0.322. The van der Waals surface area contributed by atoms with Crippen LogP contribution >= 0.6 is 11.6 Å². The Morgan fingerprint density at radius 3 is 2.64 bits per heavy atom. The molecule has 0 saturated carbocycles. The summed E-state index contributed by atoms with van der Waals surface area (Å²) in [4.78, 5) is 23.4. The SMILES string of the molecule is CCn1ncc(C)c1NC(=O)c1ccc(NC(C)=O)cc1Cl. The first-order valence-electron chi connectivity index (χ1n) is 6.83. The van der Waals surface area contributed by atoms with Crippen molar-refractivity contribution in [2.24, 2.45) is 0 Å². The molecule has 2 N–H and O–H groups in total. The number of aromatic nitrogens is 2. The van der Waals surface area contributed by atoms with E-state index in [1.807, 2.05) is 13.8 Å². The molecule has 0 radical (unpaired) electrons. The van der Waals surface area contributed by atoms with Gasteiger partial charge in [-0.25, -0.2) is 4.68 Å². The van der Waals surface area contributed by atoms with Crippen molar-refractivity contribution in [1.82, 2.24) is 9.78 Å². The van der Waals surface area contributed by atoms with Gasteiger partial charge in [0.15, 0.2) is 0 Å². The molecule has 0 aliphatic carbocycles. The lowest BCUT2D eigenvalue weighted by molar-refractivity contribution is -0.114. The molecule has 1 heterocycles. The molecule has 7 heteroatoms. The summed E-state index contributed by atoms with van der Waals surface area (Å²) < 4.78 is 1.70. The van der Waals surface area contributed by atoms with Gasteiger partial charge in [0.1, 0.15) is 5.82 Å². The standard InChI is InChI=1S/C15H17ClN4O2/c1-4-20-14(9(2)8-17-20)19-15(22)12-6-5-11(7-13(12)16)18-10(3)21/h5-8H,4H2,1-3H3,(H,18,21)(H,19,22). The number of anilines is 2. The van der Waals surface area contributed by atoms with E-state index in [1.54, 1.807) is 29.1 Å². The Morgan fingerprint density at radius 2 is 2.05 bits per heavy atom. The molecule has 0 aliphatic heterocycles. The first-order chi connectivity index (χ1) is 10.4. The molecule has 2 rings (SSSR count). The highest BCUT2D eigenvalue weighted by atomic mass is 35.5. The van der Waals surface area contributed by atoms with Gasteiger partial charge in [0, 0.05) is 24.7 Å². The van der Waals surface area contributed by atoms with Crippen molar-refractivity contribution < 1.29 is 9.59 Å². The zero-order chi connectivity index (χ0) is 16.3. The zero-order valence-corrected chi connectivity index (χ0v) is 13.4. The number of rotatable bonds is 4. The molecule has 0 saturated heterocycles. The Hall–Kier alpha value is -2.34. The van der Waals surface area contributed by atoms with Gasteiger partial charge in [-0.15, -0.1) is 0 Å². The minimum absolute atomic E-state index is 0.198. The van der Waals surface area contributed by atoms with Crippen LogP contribution in [0.25, 0.3) is 0 Å². The van der Waals surface area contributed by atoms with E-state index in [-0.39, 0.29) is 16.8 Å². The highest BCUT2D eigenvalue weighted by Gasteiger charge is 2.15. The van der Waals surface area contributed by atoms with Gasteiger partial charge in [-0.2, -0.15) is 5.10 Å². The molecule has 22 heavy (non-hydrogen) atoms. The van der Waals surface area contributed by atoms with Crippen molar-refractivity contribution in [3.05, 3.63) is 40.5 Å². The molecule has 2 aromatic rings. The smallest absolute Gasteiger partial charge is 0.258 e. The maximum Gasteiger partial charge on any atom is 0.258 e. The lowest BCUT2D eigenvalue weighted by atomic mass is 10.2. The Balaban J connectivity index is 2.22. The number of nitrogens with one attached hydrogen (secondary N) is 2. The fraction of sp³-hybridized carbons (Fsp3) is 0.267. The van der Waals surface area contributed by atoms with Crippen LogP contribution in [-0.4, -0.2) is 21.6 Å². The lowest BCUT2D eigenvalue weighted by Gasteiger charge is -2.10. The predicted molar refractivity (Wildman–Crippen MR) is 86.3 cm³/mol. The summed E-state index contributed by atoms with van der Waals surface area (Å²) in [6.07, 6.45) is 1.70. The topological polar surface area (TPSA) is 76.0 Å². The van der Waals surface area contributed by atoms with Crippen molar-refractivity contribution >= 4 is 34.9 Å². The van der Waals surface area contributed by atoms with E-state index in [1.165, 1.54) is 6.92 Å². The van der Waals surface area contributed by atoms with Crippen LogP contribution in [0, 0.1) is 6.92 Å². The summed E-state index contributed by atoms with van der Waals surface area (Å²) in [7, 11) is 0. The van der Waals surface area contributed by atoms with Gasteiger partial charge in [0.2, 0.25) is 5.91 Å². The predicted octanol–water partition coefficient (Wildman–Crippen LogP) is 3.08. The van der Waals surface area contributed by atoms with Gasteiger partial charge >= 0.3 is 0 Å². The molecule has 0 aliphatic rings. The average molecular weight is 321 g/mol. The van der Waals surface area contributed by atoms with Gasteiger partial charge in [-0.1, -0.05) is 11.6 Å². The van der Waals surface area contributed by atoms with E-state index in [0.29, 0.717) is 23.6 Å². The highest BCUT2D eigenvalue weighted by molar-refractivity contribution is 6.34. The number of benzene rings is 1. The van der Waals surface area contributed by atoms with Crippen LogP contribution in [0.3, 0.4) is 0 Å². The number of hydrogen-bond donors (Lipinski definition) is 2. The second-order valence-corrected chi connectivity index (χ2v) is 5.23. The van der Waals surface area contributed by atoms with Crippen molar-refractivity contribution in [3.63, 3.8) is 0 Å². The van der Waals surface area contributed by atoms with Gasteiger partial charge in [0.05, 0.1) is 16.8 Å². The molecular formula is C15H17ClN4O2. The lowest BCUT2D eigenvalue weighted by Crippen LogP contribution is -2.17. The molecule has 2 amide bonds. The van der Waals surface area contributed by atoms with Crippen molar-refractivity contribution in [2.45, 2.75) is 27.3 Å². The summed E-state index contributed by atoms with van der Waals surface area (Å²) in [6.45, 7) is 5.87. The third-order valence-electron chi connectivity index (χ3n) is 3.09. The molecule has 1 aromatic heterocycles. The van der Waals surface area contributed by atoms with E-state index < -0.39 is 0 Å². The van der Waals surface area contributed by atoms with Crippen LogP contribution < -0.4 is 10.6 Å². The summed E-state index contributed by atoms with van der Waals surface area (Å²) in [5, 5.41) is 9.87. The largest absolute Gasteiger partial charge is 0.326 e. The monoisotopic (exact) mass is 320 g/mol. The van der Waals surface area contributed by atoms with Crippen molar-refractivity contribution in [2.75, 3.05) is 10.6 Å². The van der Waals surface area contributed by atoms with Crippen LogP contribution in [0.15, 0.2) is 24.4 Å². The van der Waals surface area contributed by atoms with E-state index in [9.17, 15) is 9.59 Å². The average Bonchev–Trinajstić information content (AvgIpc) is 2.79. The number of hydrogen-bond acceptors (Lipinski definition) is 3. The molecule has 0 spiro atoms. The normalized spacial score (nSPS) is 10.4. The maximum atomic E-state index is 12.4. The first-order valence-corrected chi connectivity index (χ1v) is 7.21. The minimum Gasteiger partial charge on any atom is -0.326 e. The highest BCUT2D eigenvalue weighted by Crippen LogP contribution is 2.23. The Kier molecular flexibility index (Phi) is 4.82. The second kappa shape index (κ2) is 6.62. The van der Waals surface area contributed by atoms with Gasteiger partial charge < -0.3 is 10.6 Å². The van der Waals surface area contributed by atoms with Crippen LogP contribution in [-0.2, 0) is 11.3 Å². The molecule has 0 bridgehead atoms. The van der Waals surface area contributed by atoms with Gasteiger partial charge in [0.25, 0.3) is 5.91 Å². The number of nitrogens with zero attached hydrogens (tertiary/aromatic N) is 2. The van der Waals surface area contributed by atoms with Crippen LogP contribution in [0.1, 0.15) is 29.8 Å². The second-order valence-electron chi connectivity index (χ2n) is 4.82. The van der Waals surface area contributed by atoms with E-state index in [2.05, 4.69) is 15.7 Å². The molecule has 116 valence electrons. The van der Waals surface area contributed by atoms with E-state index in [0.717, 1.165) is 5.56 Å². The number of carbonyl (C=O) groups is 2. The quantitative estimate of drug-likeness (QED) is 0.909. The summed E-state index contributed by atoms with van der Waals surface area (Å²) in [5.74, 6) is 0.128. The Bertz CT molecular complexity index is 724. The third kappa shape index (κ3) is 3.46. The maximum absolute atomic E-state index is 12.4. The Morgan fingerprint density at radius 1 is 1.32 bits per heavy atom. The fourth-order valence-corrected chi connectivity index (χ4v) is 2.30. The van der Waals surface area contributed by atoms with Crippen LogP contribution in [0.4, 0.5) is 11.5 Å². The van der Waals surface area contributed by atoms with E-state index >= 15 is 0 Å². The number of amides is 2. The fourth-order valence-electron chi connectivity index (χ4n) is 2.04.